The van der Waals surface area contributed by atoms with Gasteiger partial charge in [0.15, 0.2) is 0 Å². The number of carbonyl (C=O) groups excluding carboxylic acids is 2. The molecule has 8 nitrogen and oxygen atoms in total. The zero-order valence-electron chi connectivity index (χ0n) is 15.1. The molecular formula is C19H19ClN6O2. The molecule has 1 aliphatic heterocycles. The second kappa shape index (κ2) is 8.53. The molecule has 28 heavy (non-hydrogen) atoms. The average molecular weight is 399 g/mol. The molecule has 9 heteroatoms. The number of aryl methyl sites for hydroxylation is 1. The van der Waals surface area contributed by atoms with E-state index in [9.17, 15) is 9.59 Å². The molecule has 0 radical (unpaired) electrons. The maximum Gasteiger partial charge on any atom is 0.252 e. The Morgan fingerprint density at radius 2 is 1.96 bits per heavy atom. The van der Waals surface area contributed by atoms with Gasteiger partial charge in [-0.05, 0) is 37.3 Å². The minimum absolute atomic E-state index is 0.0580. The molecule has 2 amide bonds. The highest BCUT2D eigenvalue weighted by atomic mass is 35.5. The van der Waals surface area contributed by atoms with Gasteiger partial charge in [0, 0.05) is 16.4 Å². The van der Waals surface area contributed by atoms with Gasteiger partial charge in [-0.2, -0.15) is 4.99 Å². The van der Waals surface area contributed by atoms with Crippen LogP contribution in [0.5, 0.6) is 0 Å². The first kappa shape index (κ1) is 19.4. The Balaban J connectivity index is 1.60. The second-order valence-electron chi connectivity index (χ2n) is 6.21. The zero-order valence-corrected chi connectivity index (χ0v) is 15.8. The largest absolute Gasteiger partial charge is 0.369 e. The van der Waals surface area contributed by atoms with Crippen LogP contribution in [0.3, 0.4) is 0 Å². The molecule has 144 valence electrons. The lowest BCUT2D eigenvalue weighted by atomic mass is 10.2. The molecule has 0 fully saturated rings. The summed E-state index contributed by atoms with van der Waals surface area (Å²) in [5.41, 5.74) is 8.27. The van der Waals surface area contributed by atoms with Gasteiger partial charge in [-0.3, -0.25) is 14.9 Å². The first-order chi connectivity index (χ1) is 13.4. The van der Waals surface area contributed by atoms with E-state index in [1.165, 1.54) is 0 Å². The highest BCUT2D eigenvalue weighted by molar-refractivity contribution is 6.30. The van der Waals surface area contributed by atoms with Crippen LogP contribution in [0.25, 0.3) is 0 Å². The maximum absolute atomic E-state index is 12.1. The molecule has 0 aliphatic carbocycles. The van der Waals surface area contributed by atoms with Crippen molar-refractivity contribution in [3.63, 3.8) is 0 Å². The number of benzene rings is 2. The fraction of sp³-hybridized carbons (Fsp3) is 0.158. The molecule has 0 spiro atoms. The van der Waals surface area contributed by atoms with E-state index < -0.39 is 11.9 Å². The quantitative estimate of drug-likeness (QED) is 0.466. The van der Waals surface area contributed by atoms with E-state index in [2.05, 4.69) is 25.9 Å². The van der Waals surface area contributed by atoms with Crippen LogP contribution in [0, 0.1) is 6.92 Å². The van der Waals surface area contributed by atoms with Crippen molar-refractivity contribution in [1.82, 2.24) is 5.32 Å². The standard InChI is InChI=1S/C19H19ClN6O2/c1-11-5-7-13(8-6-11)23-18(21)26-19-24-15(17(28)25-19)10-16(27)22-14-4-2-3-12(20)9-14/h2-9,15H,10H2,1H3,(H,22,27)(H4,21,23,24,25,26,28). The number of hydrogen-bond acceptors (Lipinski definition) is 4. The molecule has 2 aromatic rings. The number of hydrogen-bond donors (Lipinski definition) is 4. The molecule has 0 bridgehead atoms. The summed E-state index contributed by atoms with van der Waals surface area (Å²) in [7, 11) is 0. The summed E-state index contributed by atoms with van der Waals surface area (Å²) in [6, 6.07) is 13.4. The van der Waals surface area contributed by atoms with Crippen molar-refractivity contribution in [1.29, 1.82) is 0 Å². The van der Waals surface area contributed by atoms with Crippen molar-refractivity contribution < 1.29 is 9.59 Å². The number of anilines is 2. The maximum atomic E-state index is 12.1. The minimum atomic E-state index is -0.870. The van der Waals surface area contributed by atoms with E-state index in [4.69, 9.17) is 17.3 Å². The predicted octanol–water partition coefficient (Wildman–Crippen LogP) is 2.26. The molecule has 1 heterocycles. The van der Waals surface area contributed by atoms with Crippen LogP contribution in [0.4, 0.5) is 11.4 Å². The number of amides is 2. The fourth-order valence-electron chi connectivity index (χ4n) is 2.51. The number of nitrogens with one attached hydrogen (secondary N) is 3. The van der Waals surface area contributed by atoms with E-state index >= 15 is 0 Å². The van der Waals surface area contributed by atoms with Crippen molar-refractivity contribution in [3.8, 4) is 0 Å². The predicted molar refractivity (Wildman–Crippen MR) is 110 cm³/mol. The van der Waals surface area contributed by atoms with Gasteiger partial charge in [0.1, 0.15) is 6.04 Å². The van der Waals surface area contributed by atoms with E-state index in [1.807, 2.05) is 31.2 Å². The van der Waals surface area contributed by atoms with E-state index in [1.54, 1.807) is 24.3 Å². The minimum Gasteiger partial charge on any atom is -0.369 e. The number of nitrogens with two attached hydrogens (primary N) is 1. The molecule has 1 aliphatic rings. The number of guanidine groups is 2. The van der Waals surface area contributed by atoms with Crippen LogP contribution in [0.2, 0.25) is 5.02 Å². The highest BCUT2D eigenvalue weighted by Gasteiger charge is 2.28. The first-order valence-electron chi connectivity index (χ1n) is 8.51. The Labute approximate surface area is 166 Å². The molecule has 0 aromatic heterocycles. The van der Waals surface area contributed by atoms with Crippen molar-refractivity contribution >= 4 is 46.7 Å². The Morgan fingerprint density at radius 3 is 2.68 bits per heavy atom. The van der Waals surface area contributed by atoms with Gasteiger partial charge < -0.3 is 16.4 Å². The fourth-order valence-corrected chi connectivity index (χ4v) is 2.70. The van der Waals surface area contributed by atoms with Gasteiger partial charge in [0.2, 0.25) is 17.8 Å². The zero-order chi connectivity index (χ0) is 20.1. The molecule has 2 aromatic carbocycles. The number of rotatable bonds is 4. The third-order valence-electron chi connectivity index (χ3n) is 3.85. The smallest absolute Gasteiger partial charge is 0.252 e. The molecule has 1 atom stereocenters. The molecule has 3 rings (SSSR count). The van der Waals surface area contributed by atoms with Gasteiger partial charge in [-0.1, -0.05) is 35.4 Å². The summed E-state index contributed by atoms with van der Waals surface area (Å²) in [5.74, 6) is -0.639. The molecule has 0 saturated heterocycles. The number of carbonyl (C=O) groups is 2. The van der Waals surface area contributed by atoms with Crippen LogP contribution >= 0.6 is 11.6 Å². The third-order valence-corrected chi connectivity index (χ3v) is 4.09. The van der Waals surface area contributed by atoms with E-state index in [0.29, 0.717) is 10.7 Å². The van der Waals surface area contributed by atoms with E-state index in [0.717, 1.165) is 11.3 Å². The second-order valence-corrected chi connectivity index (χ2v) is 6.64. The average Bonchev–Trinajstić information content (AvgIpc) is 2.95. The normalized spacial score (nSPS) is 16.4. The molecular weight excluding hydrogens is 380 g/mol. The third kappa shape index (κ3) is 5.31. The van der Waals surface area contributed by atoms with Crippen molar-refractivity contribution in [3.05, 3.63) is 59.1 Å². The van der Waals surface area contributed by atoms with Gasteiger partial charge >= 0.3 is 0 Å². The summed E-state index contributed by atoms with van der Waals surface area (Å²) in [6.45, 7) is 1.98. The lowest BCUT2D eigenvalue weighted by molar-refractivity contribution is -0.123. The van der Waals surface area contributed by atoms with Crippen LogP contribution in [-0.2, 0) is 9.59 Å². The number of halogens is 1. The van der Waals surface area contributed by atoms with Crippen molar-refractivity contribution in [2.45, 2.75) is 19.4 Å². The molecule has 0 saturated carbocycles. The number of aliphatic imine (C=N–C) groups is 2. The van der Waals surface area contributed by atoms with Gasteiger partial charge in [0.25, 0.3) is 5.91 Å². The monoisotopic (exact) mass is 398 g/mol. The van der Waals surface area contributed by atoms with Gasteiger partial charge in [-0.25, -0.2) is 4.99 Å². The van der Waals surface area contributed by atoms with Crippen LogP contribution in [0.15, 0.2) is 58.5 Å². The highest BCUT2D eigenvalue weighted by Crippen LogP contribution is 2.16. The molecule has 1 unspecified atom stereocenters. The Bertz CT molecular complexity index is 955. The lowest BCUT2D eigenvalue weighted by Gasteiger charge is -2.07. The molecule has 5 N–H and O–H groups in total. The van der Waals surface area contributed by atoms with E-state index in [-0.39, 0.29) is 24.2 Å². The first-order valence-corrected chi connectivity index (χ1v) is 8.89. The van der Waals surface area contributed by atoms with Crippen LogP contribution in [0.1, 0.15) is 12.0 Å². The van der Waals surface area contributed by atoms with Gasteiger partial charge in [-0.15, -0.1) is 0 Å². The number of nitrogens with zero attached hydrogens (tertiary/aromatic N) is 2. The lowest BCUT2D eigenvalue weighted by Crippen LogP contribution is -2.32. The SMILES string of the molecule is Cc1ccc(N/C(N)=N/C2=NC(CC(=O)Nc3cccc(Cl)c3)C(=O)N2)cc1. The summed E-state index contributed by atoms with van der Waals surface area (Å²) in [4.78, 5) is 32.4. The van der Waals surface area contributed by atoms with Crippen LogP contribution < -0.4 is 21.7 Å². The Kier molecular flexibility index (Phi) is 5.90. The summed E-state index contributed by atoms with van der Waals surface area (Å²) in [5, 5.41) is 8.60. The summed E-state index contributed by atoms with van der Waals surface area (Å²) in [6.07, 6.45) is -0.122. The Morgan fingerprint density at radius 1 is 1.21 bits per heavy atom. The van der Waals surface area contributed by atoms with Gasteiger partial charge in [0.05, 0.1) is 6.42 Å². The summed E-state index contributed by atoms with van der Waals surface area (Å²) < 4.78 is 0. The van der Waals surface area contributed by atoms with Crippen molar-refractivity contribution in [2.75, 3.05) is 10.6 Å². The van der Waals surface area contributed by atoms with Crippen molar-refractivity contribution in [2.24, 2.45) is 15.7 Å². The Hall–Kier alpha value is -3.39. The van der Waals surface area contributed by atoms with Crippen LogP contribution in [-0.4, -0.2) is 29.8 Å². The topological polar surface area (TPSA) is 121 Å². The summed E-state index contributed by atoms with van der Waals surface area (Å²) >= 11 is 5.89.